The van der Waals surface area contributed by atoms with Gasteiger partial charge in [-0.3, -0.25) is 0 Å². The van der Waals surface area contributed by atoms with Crippen molar-refractivity contribution in [2.24, 2.45) is 0 Å². The van der Waals surface area contributed by atoms with Gasteiger partial charge in [0.25, 0.3) is 0 Å². The Morgan fingerprint density at radius 2 is 1.44 bits per heavy atom. The van der Waals surface area contributed by atoms with Gasteiger partial charge in [-0.05, 0) is 36.7 Å². The minimum absolute atomic E-state index is 0.0590. The smallest absolute Gasteiger partial charge is 0.337 e. The highest BCUT2D eigenvalue weighted by Gasteiger charge is 2.16. The summed E-state index contributed by atoms with van der Waals surface area (Å²) < 4.78 is 0. The van der Waals surface area contributed by atoms with E-state index in [1.54, 1.807) is 6.07 Å². The van der Waals surface area contributed by atoms with Crippen LogP contribution in [0.4, 0.5) is 5.69 Å². The lowest BCUT2D eigenvalue weighted by Gasteiger charge is -2.20. The summed E-state index contributed by atoms with van der Waals surface area (Å²) in [5.41, 5.74) is 0.570. The third-order valence-electron chi connectivity index (χ3n) is 3.80. The van der Waals surface area contributed by atoms with Crippen molar-refractivity contribution in [3.05, 3.63) is 84.4 Å². The van der Waals surface area contributed by atoms with Crippen LogP contribution < -0.4 is 15.9 Å². The van der Waals surface area contributed by atoms with E-state index in [0.717, 1.165) is 0 Å². The van der Waals surface area contributed by atoms with Gasteiger partial charge in [-0.1, -0.05) is 60.7 Å². The molecule has 0 unspecified atom stereocenters. The maximum atomic E-state index is 11.4. The molecule has 0 atom stereocenters. The van der Waals surface area contributed by atoms with Crippen LogP contribution in [0.3, 0.4) is 0 Å². The van der Waals surface area contributed by atoms with Gasteiger partial charge in [-0.15, -0.1) is 0 Å². The Bertz CT molecular complexity index is 814. The van der Waals surface area contributed by atoms with Crippen molar-refractivity contribution >= 4 is 30.2 Å². The first kappa shape index (κ1) is 17.0. The summed E-state index contributed by atoms with van der Waals surface area (Å²) in [6.07, 6.45) is 0.606. The molecule has 0 aliphatic rings. The SMILES string of the molecule is O=C(O)c1cc(O)ccc1NCP(c1ccccc1)c1ccccc1. The number of phenols is 1. The van der Waals surface area contributed by atoms with Crippen molar-refractivity contribution in [1.82, 2.24) is 0 Å². The number of hydrogen-bond acceptors (Lipinski definition) is 3. The van der Waals surface area contributed by atoms with Gasteiger partial charge in [-0.25, -0.2) is 4.79 Å². The molecule has 0 amide bonds. The topological polar surface area (TPSA) is 69.6 Å². The van der Waals surface area contributed by atoms with E-state index < -0.39 is 13.9 Å². The summed E-state index contributed by atoms with van der Waals surface area (Å²) in [6, 6.07) is 24.7. The molecule has 0 saturated heterocycles. The van der Waals surface area contributed by atoms with Crippen LogP contribution in [0.1, 0.15) is 10.4 Å². The summed E-state index contributed by atoms with van der Waals surface area (Å²) in [4.78, 5) is 11.4. The molecule has 0 aromatic heterocycles. The minimum Gasteiger partial charge on any atom is -0.508 e. The second-order valence-electron chi connectivity index (χ2n) is 5.47. The fraction of sp³-hybridized carbons (Fsp3) is 0.0500. The summed E-state index contributed by atoms with van der Waals surface area (Å²) in [5.74, 6) is -1.13. The average Bonchev–Trinajstić information content (AvgIpc) is 2.64. The van der Waals surface area contributed by atoms with E-state index in [1.807, 2.05) is 36.4 Å². The number of aromatic hydroxyl groups is 1. The lowest BCUT2D eigenvalue weighted by atomic mass is 10.1. The van der Waals surface area contributed by atoms with E-state index in [-0.39, 0.29) is 11.3 Å². The Morgan fingerprint density at radius 3 is 1.96 bits per heavy atom. The summed E-state index contributed by atoms with van der Waals surface area (Å²) in [6.45, 7) is 0. The second kappa shape index (κ2) is 7.82. The van der Waals surface area contributed by atoms with Crippen LogP contribution in [-0.2, 0) is 0 Å². The number of benzene rings is 3. The molecule has 0 aliphatic heterocycles. The summed E-state index contributed by atoms with van der Waals surface area (Å²) >= 11 is 0. The number of carbonyl (C=O) groups is 1. The molecule has 3 rings (SSSR count). The predicted octanol–water partition coefficient (Wildman–Crippen LogP) is 3.59. The van der Waals surface area contributed by atoms with Gasteiger partial charge in [0.2, 0.25) is 0 Å². The van der Waals surface area contributed by atoms with Gasteiger partial charge in [-0.2, -0.15) is 0 Å². The maximum Gasteiger partial charge on any atom is 0.337 e. The highest BCUT2D eigenvalue weighted by atomic mass is 31.1. The molecule has 5 heteroatoms. The van der Waals surface area contributed by atoms with Crippen LogP contribution in [0.2, 0.25) is 0 Å². The molecule has 3 aromatic carbocycles. The molecule has 126 valence electrons. The van der Waals surface area contributed by atoms with Crippen LogP contribution in [0.15, 0.2) is 78.9 Å². The molecule has 4 nitrogen and oxygen atoms in total. The van der Waals surface area contributed by atoms with Crippen LogP contribution in [0.5, 0.6) is 5.75 Å². The van der Waals surface area contributed by atoms with Crippen LogP contribution in [0.25, 0.3) is 0 Å². The number of carboxylic acids is 1. The first-order valence-electron chi connectivity index (χ1n) is 7.83. The van der Waals surface area contributed by atoms with Gasteiger partial charge in [0.15, 0.2) is 0 Å². The van der Waals surface area contributed by atoms with Crippen molar-refractivity contribution in [2.45, 2.75) is 0 Å². The highest BCUT2D eigenvalue weighted by molar-refractivity contribution is 7.73. The second-order valence-corrected chi connectivity index (χ2v) is 7.67. The predicted molar refractivity (Wildman–Crippen MR) is 103 cm³/mol. The van der Waals surface area contributed by atoms with Crippen molar-refractivity contribution in [3.8, 4) is 5.75 Å². The number of anilines is 1. The summed E-state index contributed by atoms with van der Waals surface area (Å²) in [5, 5.41) is 24.6. The Labute approximate surface area is 147 Å². The molecule has 25 heavy (non-hydrogen) atoms. The highest BCUT2D eigenvalue weighted by Crippen LogP contribution is 2.34. The molecule has 0 spiro atoms. The molecular weight excluding hydrogens is 333 g/mol. The van der Waals surface area contributed by atoms with E-state index in [4.69, 9.17) is 0 Å². The van der Waals surface area contributed by atoms with Crippen molar-refractivity contribution in [3.63, 3.8) is 0 Å². The third kappa shape index (κ3) is 4.17. The monoisotopic (exact) mass is 351 g/mol. The molecular formula is C20H18NO3P. The Morgan fingerprint density at radius 1 is 0.880 bits per heavy atom. The summed E-state index contributed by atoms with van der Waals surface area (Å²) in [7, 11) is -0.680. The maximum absolute atomic E-state index is 11.4. The minimum atomic E-state index is -1.07. The fourth-order valence-electron chi connectivity index (χ4n) is 2.58. The van der Waals surface area contributed by atoms with Gasteiger partial charge in [0, 0.05) is 12.0 Å². The lowest BCUT2D eigenvalue weighted by molar-refractivity contribution is 0.0697. The number of phenolic OH excluding ortho intramolecular Hbond substituents is 1. The molecule has 0 radical (unpaired) electrons. The normalized spacial score (nSPS) is 10.6. The number of rotatable bonds is 6. The zero-order chi connectivity index (χ0) is 17.6. The lowest BCUT2D eigenvalue weighted by Crippen LogP contribution is -2.18. The number of hydrogen-bond donors (Lipinski definition) is 3. The number of nitrogens with one attached hydrogen (secondary N) is 1. The van der Waals surface area contributed by atoms with Gasteiger partial charge in [0.1, 0.15) is 5.75 Å². The average molecular weight is 351 g/mol. The van der Waals surface area contributed by atoms with Gasteiger partial charge in [0.05, 0.1) is 5.56 Å². The molecule has 3 N–H and O–H groups in total. The van der Waals surface area contributed by atoms with E-state index >= 15 is 0 Å². The number of aromatic carboxylic acids is 1. The molecule has 0 heterocycles. The van der Waals surface area contributed by atoms with Crippen LogP contribution in [-0.4, -0.2) is 22.5 Å². The first-order chi connectivity index (χ1) is 12.1. The van der Waals surface area contributed by atoms with Crippen LogP contribution >= 0.6 is 7.92 Å². The van der Waals surface area contributed by atoms with E-state index in [9.17, 15) is 15.0 Å². The van der Waals surface area contributed by atoms with Crippen molar-refractivity contribution in [2.75, 3.05) is 11.6 Å². The largest absolute Gasteiger partial charge is 0.508 e. The Hall–Kier alpha value is -2.84. The quantitative estimate of drug-likeness (QED) is 0.469. The van der Waals surface area contributed by atoms with Crippen molar-refractivity contribution in [1.29, 1.82) is 0 Å². The van der Waals surface area contributed by atoms with Gasteiger partial charge < -0.3 is 15.5 Å². The molecule has 0 aliphatic carbocycles. The zero-order valence-electron chi connectivity index (χ0n) is 13.5. The number of carboxylic acid groups (broad SMARTS) is 1. The molecule has 0 bridgehead atoms. The van der Waals surface area contributed by atoms with E-state index in [0.29, 0.717) is 12.0 Å². The Balaban J connectivity index is 1.89. The molecule has 0 fully saturated rings. The standard InChI is InChI=1S/C20H18NO3P/c22-15-11-12-19(18(13-15)20(23)24)21-14-25(16-7-3-1-4-8-16)17-9-5-2-6-10-17/h1-13,21-22H,14H2,(H,23,24). The Kier molecular flexibility index (Phi) is 5.32. The molecule has 3 aromatic rings. The first-order valence-corrected chi connectivity index (χ1v) is 9.35. The third-order valence-corrected chi connectivity index (χ3v) is 6.11. The van der Waals surface area contributed by atoms with Crippen molar-refractivity contribution < 1.29 is 15.0 Å². The zero-order valence-corrected chi connectivity index (χ0v) is 14.4. The molecule has 0 saturated carbocycles. The van der Waals surface area contributed by atoms with Gasteiger partial charge >= 0.3 is 5.97 Å². The van der Waals surface area contributed by atoms with E-state index in [2.05, 4.69) is 29.6 Å². The van der Waals surface area contributed by atoms with Crippen LogP contribution in [0, 0.1) is 0 Å². The van der Waals surface area contributed by atoms with E-state index in [1.165, 1.54) is 22.7 Å². The fourth-order valence-corrected chi connectivity index (χ4v) is 4.63.